The molecule has 0 saturated carbocycles. The van der Waals surface area contributed by atoms with Crippen LogP contribution in [0.25, 0.3) is 5.76 Å². The predicted molar refractivity (Wildman–Crippen MR) is 163 cm³/mol. The largest absolute Gasteiger partial charge is 0.872 e. The Morgan fingerprint density at radius 3 is 2.47 bits per heavy atom. The Labute approximate surface area is 262 Å². The van der Waals surface area contributed by atoms with Crippen LogP contribution in [-0.4, -0.2) is 75.8 Å². The van der Waals surface area contributed by atoms with Gasteiger partial charge in [0, 0.05) is 18.5 Å². The molecule has 1 amide bonds. The van der Waals surface area contributed by atoms with Gasteiger partial charge in [-0.1, -0.05) is 48.2 Å². The highest BCUT2D eigenvalue weighted by Crippen LogP contribution is 2.42. The van der Waals surface area contributed by atoms with Crippen LogP contribution >= 0.6 is 0 Å². The molecule has 10 nitrogen and oxygen atoms in total. The minimum atomic E-state index is -0.882. The average Bonchev–Trinajstić information content (AvgIpc) is 3.33. The number of amides is 1. The number of carbonyl (C=O) groups excluding carboxylic acids is 2. The van der Waals surface area contributed by atoms with Gasteiger partial charge >= 0.3 is 0 Å². The number of carbonyl (C=O) groups is 2. The molecular formula is C35H38N2O8. The third-order valence-corrected chi connectivity index (χ3v) is 8.28. The molecule has 0 bridgehead atoms. The van der Waals surface area contributed by atoms with E-state index in [9.17, 15) is 14.7 Å². The number of quaternary nitrogens is 1. The van der Waals surface area contributed by atoms with Crippen molar-refractivity contribution in [2.75, 3.05) is 59.2 Å². The molecule has 3 heterocycles. The van der Waals surface area contributed by atoms with Crippen LogP contribution < -0.4 is 29.0 Å². The normalized spacial score (nSPS) is 19.5. The van der Waals surface area contributed by atoms with Crippen LogP contribution in [0, 0.1) is 0 Å². The number of benzene rings is 3. The molecule has 10 heteroatoms. The first kappa shape index (κ1) is 30.5. The molecule has 1 unspecified atom stereocenters. The number of likely N-dealkylation sites (tertiary alicyclic amines) is 1. The molecule has 0 aliphatic carbocycles. The summed E-state index contributed by atoms with van der Waals surface area (Å²) in [7, 11) is 0. The van der Waals surface area contributed by atoms with Crippen LogP contribution in [0.15, 0.2) is 72.3 Å². The summed E-state index contributed by atoms with van der Waals surface area (Å²) in [5.74, 6) is -0.0122. The van der Waals surface area contributed by atoms with Gasteiger partial charge in [-0.15, -0.1) is 0 Å². The number of ether oxygens (including phenoxy) is 5. The number of fused-ring (bicyclic) bond motifs is 1. The summed E-state index contributed by atoms with van der Waals surface area (Å²) in [5.41, 5.74) is 1.78. The molecule has 236 valence electrons. The Kier molecular flexibility index (Phi) is 9.52. The Hall–Kier alpha value is -4.54. The van der Waals surface area contributed by atoms with E-state index in [-0.39, 0.29) is 11.1 Å². The minimum Gasteiger partial charge on any atom is -0.872 e. The van der Waals surface area contributed by atoms with Crippen molar-refractivity contribution in [3.8, 4) is 23.0 Å². The van der Waals surface area contributed by atoms with Crippen LogP contribution in [0.5, 0.6) is 23.0 Å². The topological polar surface area (TPSA) is 111 Å². The maximum absolute atomic E-state index is 14.1. The summed E-state index contributed by atoms with van der Waals surface area (Å²) < 4.78 is 28.8. The summed E-state index contributed by atoms with van der Waals surface area (Å²) in [6.45, 7) is 7.75. The van der Waals surface area contributed by atoms with Crippen molar-refractivity contribution in [2.45, 2.75) is 26.0 Å². The fraction of sp³-hybridized carbons (Fsp3) is 0.371. The van der Waals surface area contributed by atoms with Gasteiger partial charge in [-0.25, -0.2) is 0 Å². The number of nitrogens with zero attached hydrogens (tertiary/aromatic N) is 1. The monoisotopic (exact) mass is 614 g/mol. The summed E-state index contributed by atoms with van der Waals surface area (Å²) in [5, 5.41) is 14.1. The van der Waals surface area contributed by atoms with Gasteiger partial charge in [0.05, 0.1) is 32.4 Å². The van der Waals surface area contributed by atoms with E-state index in [1.54, 1.807) is 36.4 Å². The van der Waals surface area contributed by atoms with Crippen molar-refractivity contribution >= 4 is 17.4 Å². The fourth-order valence-corrected chi connectivity index (χ4v) is 6.01. The number of Topliss-reactive ketones (excluding diaryl/α,β-unsaturated/α-hetero) is 1. The minimum absolute atomic E-state index is 0.0872. The summed E-state index contributed by atoms with van der Waals surface area (Å²) >= 11 is 0. The maximum Gasteiger partial charge on any atom is 0.295 e. The standard InChI is InChI=1S/C35H38N2O8/c1-2-42-29-21-25(9-11-28(29)45-23-24-7-4-3-5-8-24)32-31(33(38)26-10-12-27-30(22-26)44-20-19-43-27)34(39)35(40)37(32)14-6-13-36-15-17-41-18-16-36/h3-5,7-12,21-22,32,38H,2,6,13-20,23H2,1H3. The number of hydrogen-bond acceptors (Lipinski definition) is 8. The number of nitrogens with one attached hydrogen (secondary N) is 1. The molecule has 0 radical (unpaired) electrons. The molecule has 0 spiro atoms. The van der Waals surface area contributed by atoms with Crippen LogP contribution in [0.3, 0.4) is 0 Å². The highest BCUT2D eigenvalue weighted by molar-refractivity contribution is 6.46. The van der Waals surface area contributed by atoms with E-state index in [1.165, 1.54) is 9.80 Å². The molecular weight excluding hydrogens is 576 g/mol. The lowest BCUT2D eigenvalue weighted by Gasteiger charge is -2.29. The first-order valence-electron chi connectivity index (χ1n) is 15.5. The Morgan fingerprint density at radius 2 is 1.69 bits per heavy atom. The summed E-state index contributed by atoms with van der Waals surface area (Å²) in [4.78, 5) is 30.1. The van der Waals surface area contributed by atoms with Crippen LogP contribution in [0.4, 0.5) is 0 Å². The lowest BCUT2D eigenvalue weighted by molar-refractivity contribution is -0.908. The molecule has 1 N–H and O–H groups in total. The average molecular weight is 615 g/mol. The SMILES string of the molecule is CCOc1cc(C2C(=C([O-])c3ccc4c(c3)OCCO4)C(=O)C(=O)N2CCC[NH+]2CCOCC2)ccc1OCc1ccccc1. The second-order valence-corrected chi connectivity index (χ2v) is 11.2. The van der Waals surface area contributed by atoms with Gasteiger partial charge in [0.25, 0.3) is 5.91 Å². The van der Waals surface area contributed by atoms with Gasteiger partial charge < -0.3 is 38.6 Å². The Bertz CT molecular complexity index is 1550. The fourth-order valence-electron chi connectivity index (χ4n) is 6.01. The van der Waals surface area contributed by atoms with Gasteiger partial charge in [-0.05, 0) is 47.9 Å². The first-order valence-corrected chi connectivity index (χ1v) is 15.5. The van der Waals surface area contributed by atoms with E-state index in [1.807, 2.05) is 37.3 Å². The van der Waals surface area contributed by atoms with Crippen molar-refractivity contribution < 1.29 is 43.3 Å². The van der Waals surface area contributed by atoms with Gasteiger partial charge in [0.15, 0.2) is 23.0 Å². The smallest absolute Gasteiger partial charge is 0.295 e. The molecule has 3 aromatic carbocycles. The molecule has 6 rings (SSSR count). The Balaban J connectivity index is 1.35. The second kappa shape index (κ2) is 14.0. The van der Waals surface area contributed by atoms with E-state index in [4.69, 9.17) is 23.7 Å². The Morgan fingerprint density at radius 1 is 0.911 bits per heavy atom. The quantitative estimate of drug-likeness (QED) is 0.198. The summed E-state index contributed by atoms with van der Waals surface area (Å²) in [6, 6.07) is 19.1. The van der Waals surface area contributed by atoms with E-state index < -0.39 is 23.5 Å². The van der Waals surface area contributed by atoms with Gasteiger partial charge in [-0.3, -0.25) is 9.59 Å². The lowest BCUT2D eigenvalue weighted by atomic mass is 9.94. The highest BCUT2D eigenvalue weighted by Gasteiger charge is 2.44. The number of morpholine rings is 1. The summed E-state index contributed by atoms with van der Waals surface area (Å²) in [6.07, 6.45) is 0.674. The highest BCUT2D eigenvalue weighted by atomic mass is 16.6. The number of ketones is 1. The molecule has 3 aromatic rings. The van der Waals surface area contributed by atoms with Gasteiger partial charge in [-0.2, -0.15) is 0 Å². The molecule has 0 aromatic heterocycles. The van der Waals surface area contributed by atoms with Crippen molar-refractivity contribution in [3.05, 3.63) is 89.0 Å². The third kappa shape index (κ3) is 6.77. The zero-order chi connectivity index (χ0) is 31.2. The lowest BCUT2D eigenvalue weighted by Crippen LogP contribution is -3.14. The van der Waals surface area contributed by atoms with Crippen molar-refractivity contribution in [1.82, 2.24) is 4.90 Å². The number of hydrogen-bond donors (Lipinski definition) is 1. The zero-order valence-corrected chi connectivity index (χ0v) is 25.4. The van der Waals surface area contributed by atoms with E-state index in [0.29, 0.717) is 81.2 Å². The molecule has 45 heavy (non-hydrogen) atoms. The van der Waals surface area contributed by atoms with E-state index in [2.05, 4.69) is 0 Å². The predicted octanol–water partition coefficient (Wildman–Crippen LogP) is 1.96. The van der Waals surface area contributed by atoms with E-state index >= 15 is 0 Å². The second-order valence-electron chi connectivity index (χ2n) is 11.2. The molecule has 3 aliphatic rings. The van der Waals surface area contributed by atoms with Crippen LogP contribution in [0.1, 0.15) is 36.1 Å². The molecule has 2 saturated heterocycles. The van der Waals surface area contributed by atoms with Crippen LogP contribution in [-0.2, 0) is 20.9 Å². The molecule has 1 atom stereocenters. The molecule has 2 fully saturated rings. The van der Waals surface area contributed by atoms with Crippen molar-refractivity contribution in [3.63, 3.8) is 0 Å². The van der Waals surface area contributed by atoms with Crippen molar-refractivity contribution in [1.29, 1.82) is 0 Å². The molecule has 3 aliphatic heterocycles. The van der Waals surface area contributed by atoms with Crippen molar-refractivity contribution in [2.24, 2.45) is 0 Å². The first-order chi connectivity index (χ1) is 22.0. The van der Waals surface area contributed by atoms with Gasteiger partial charge in [0.2, 0.25) is 5.78 Å². The van der Waals surface area contributed by atoms with Gasteiger partial charge in [0.1, 0.15) is 32.9 Å². The maximum atomic E-state index is 14.1. The third-order valence-electron chi connectivity index (χ3n) is 8.28. The van der Waals surface area contributed by atoms with E-state index in [0.717, 1.165) is 25.2 Å². The number of rotatable bonds is 11. The zero-order valence-electron chi connectivity index (χ0n) is 25.4. The van der Waals surface area contributed by atoms with Crippen LogP contribution in [0.2, 0.25) is 0 Å².